The van der Waals surface area contributed by atoms with E-state index < -0.39 is 0 Å². The Labute approximate surface area is 137 Å². The molecule has 122 valence electrons. The Morgan fingerprint density at radius 3 is 3.04 bits per heavy atom. The van der Waals surface area contributed by atoms with E-state index in [0.717, 1.165) is 38.9 Å². The van der Waals surface area contributed by atoms with E-state index in [0.29, 0.717) is 18.2 Å². The highest BCUT2D eigenvalue weighted by Gasteiger charge is 2.23. The van der Waals surface area contributed by atoms with Crippen molar-refractivity contribution in [3.8, 4) is 0 Å². The highest BCUT2D eigenvalue weighted by atomic mass is 16.2. The number of hydrogen-bond acceptors (Lipinski definition) is 3. The molecule has 0 saturated carbocycles. The van der Waals surface area contributed by atoms with Crippen LogP contribution in [0.3, 0.4) is 0 Å². The zero-order valence-electron chi connectivity index (χ0n) is 13.5. The largest absolute Gasteiger partial charge is 0.342 e. The molecule has 0 aliphatic carbocycles. The average Bonchev–Trinajstić information content (AvgIpc) is 3.09. The van der Waals surface area contributed by atoms with Crippen LogP contribution in [-0.4, -0.2) is 38.4 Å². The molecule has 0 N–H and O–H groups in total. The van der Waals surface area contributed by atoms with Gasteiger partial charge in [0.05, 0.1) is 6.33 Å². The lowest BCUT2D eigenvalue weighted by Crippen LogP contribution is -2.40. The summed E-state index contributed by atoms with van der Waals surface area (Å²) in [7, 11) is 0. The van der Waals surface area contributed by atoms with Gasteiger partial charge in [0.15, 0.2) is 0 Å². The van der Waals surface area contributed by atoms with Crippen LogP contribution in [0.25, 0.3) is 0 Å². The molecule has 2 aromatic heterocycles. The summed E-state index contributed by atoms with van der Waals surface area (Å²) < 4.78 is 2.02. The maximum atomic E-state index is 12.4. The van der Waals surface area contributed by atoms with Crippen LogP contribution in [0.15, 0.2) is 43.2 Å². The summed E-state index contributed by atoms with van der Waals surface area (Å²) >= 11 is 0. The topological polar surface area (TPSA) is 51.0 Å². The summed E-state index contributed by atoms with van der Waals surface area (Å²) in [6.45, 7) is 2.66. The van der Waals surface area contributed by atoms with Crippen molar-refractivity contribution >= 4 is 5.91 Å². The number of carbonyl (C=O) groups is 1. The Hall–Kier alpha value is -2.17. The average molecular weight is 312 g/mol. The monoisotopic (exact) mass is 312 g/mol. The van der Waals surface area contributed by atoms with Gasteiger partial charge in [-0.15, -0.1) is 0 Å². The summed E-state index contributed by atoms with van der Waals surface area (Å²) in [5, 5.41) is 0. The van der Waals surface area contributed by atoms with Crippen molar-refractivity contribution in [3.63, 3.8) is 0 Å². The number of hydrogen-bond donors (Lipinski definition) is 0. The van der Waals surface area contributed by atoms with Gasteiger partial charge in [-0.3, -0.25) is 9.78 Å². The molecule has 0 aromatic carbocycles. The van der Waals surface area contributed by atoms with E-state index in [9.17, 15) is 4.79 Å². The lowest BCUT2D eigenvalue weighted by Gasteiger charge is -2.33. The van der Waals surface area contributed by atoms with Gasteiger partial charge in [-0.25, -0.2) is 4.98 Å². The number of aromatic nitrogens is 3. The summed E-state index contributed by atoms with van der Waals surface area (Å²) in [6, 6.07) is 4.11. The standard InChI is InChI=1S/C18H24N4O/c23-18(6-3-9-21-11-8-20-15-21)22-10-2-5-17(14-22)12-16-4-1-7-19-13-16/h1,4,7-8,11,13,15,17H,2-3,5-6,9-10,12,14H2/t17-/m0/s1. The van der Waals surface area contributed by atoms with E-state index in [1.54, 1.807) is 18.7 Å². The van der Waals surface area contributed by atoms with Crippen molar-refractivity contribution < 1.29 is 4.79 Å². The molecule has 3 rings (SSSR count). The zero-order chi connectivity index (χ0) is 15.9. The first-order valence-electron chi connectivity index (χ1n) is 8.43. The molecule has 2 aromatic rings. The SMILES string of the molecule is O=C(CCCn1ccnc1)N1CCC[C@@H](Cc2cccnc2)C1. The number of nitrogens with zero attached hydrogens (tertiary/aromatic N) is 4. The van der Waals surface area contributed by atoms with Crippen LogP contribution in [0.5, 0.6) is 0 Å². The summed E-state index contributed by atoms with van der Waals surface area (Å²) in [5.74, 6) is 0.853. The molecule has 0 bridgehead atoms. The van der Waals surface area contributed by atoms with E-state index in [4.69, 9.17) is 0 Å². The van der Waals surface area contributed by atoms with Gasteiger partial charge in [-0.05, 0) is 43.2 Å². The third kappa shape index (κ3) is 4.65. The number of imidazole rings is 1. The lowest BCUT2D eigenvalue weighted by molar-refractivity contribution is -0.133. The zero-order valence-corrected chi connectivity index (χ0v) is 13.5. The van der Waals surface area contributed by atoms with Gasteiger partial charge in [0.1, 0.15) is 0 Å². The third-order valence-corrected chi connectivity index (χ3v) is 4.49. The molecule has 1 saturated heterocycles. The van der Waals surface area contributed by atoms with Gasteiger partial charge < -0.3 is 9.47 Å². The molecular formula is C18H24N4O. The van der Waals surface area contributed by atoms with Gasteiger partial charge >= 0.3 is 0 Å². The molecule has 0 spiro atoms. The summed E-state index contributed by atoms with van der Waals surface area (Å²) in [5.41, 5.74) is 1.27. The van der Waals surface area contributed by atoms with Gasteiger partial charge in [-0.1, -0.05) is 6.07 Å². The molecule has 1 aliphatic rings. The van der Waals surface area contributed by atoms with Crippen LogP contribution < -0.4 is 0 Å². The predicted molar refractivity (Wildman–Crippen MR) is 88.7 cm³/mol. The number of piperidine rings is 1. The van der Waals surface area contributed by atoms with Crippen LogP contribution in [-0.2, 0) is 17.8 Å². The molecule has 5 nitrogen and oxygen atoms in total. The Balaban J connectivity index is 1.44. The number of pyridine rings is 1. The van der Waals surface area contributed by atoms with Crippen LogP contribution >= 0.6 is 0 Å². The Morgan fingerprint density at radius 1 is 1.30 bits per heavy atom. The second-order valence-electron chi connectivity index (χ2n) is 6.32. The fourth-order valence-electron chi connectivity index (χ4n) is 3.30. The maximum Gasteiger partial charge on any atom is 0.222 e. The number of carbonyl (C=O) groups excluding carboxylic acids is 1. The molecule has 1 atom stereocenters. The first-order valence-corrected chi connectivity index (χ1v) is 8.43. The fourth-order valence-corrected chi connectivity index (χ4v) is 3.30. The molecule has 0 radical (unpaired) electrons. The van der Waals surface area contributed by atoms with E-state index in [2.05, 4.69) is 20.9 Å². The van der Waals surface area contributed by atoms with E-state index in [1.165, 1.54) is 12.0 Å². The highest BCUT2D eigenvalue weighted by Crippen LogP contribution is 2.21. The first kappa shape index (κ1) is 15.7. The normalized spacial score (nSPS) is 18.1. The molecule has 3 heterocycles. The van der Waals surface area contributed by atoms with Crippen LogP contribution in [0.4, 0.5) is 0 Å². The lowest BCUT2D eigenvalue weighted by atomic mass is 9.91. The van der Waals surface area contributed by atoms with Crippen molar-refractivity contribution in [2.75, 3.05) is 13.1 Å². The molecule has 5 heteroatoms. The summed E-state index contributed by atoms with van der Waals surface area (Å²) in [4.78, 5) is 22.7. The van der Waals surface area contributed by atoms with Gasteiger partial charge in [0.2, 0.25) is 5.91 Å². The van der Waals surface area contributed by atoms with Crippen LogP contribution in [0.2, 0.25) is 0 Å². The second kappa shape index (κ2) is 7.90. The maximum absolute atomic E-state index is 12.4. The molecule has 23 heavy (non-hydrogen) atoms. The van der Waals surface area contributed by atoms with Crippen molar-refractivity contribution in [1.82, 2.24) is 19.4 Å². The quantitative estimate of drug-likeness (QED) is 0.823. The molecule has 1 aliphatic heterocycles. The van der Waals surface area contributed by atoms with Crippen molar-refractivity contribution in [3.05, 3.63) is 48.8 Å². The van der Waals surface area contributed by atoms with Crippen molar-refractivity contribution in [2.24, 2.45) is 5.92 Å². The number of amides is 1. The fraction of sp³-hybridized carbons (Fsp3) is 0.500. The molecular weight excluding hydrogens is 288 g/mol. The van der Waals surface area contributed by atoms with Crippen molar-refractivity contribution in [1.29, 1.82) is 0 Å². The highest BCUT2D eigenvalue weighted by molar-refractivity contribution is 5.76. The minimum Gasteiger partial charge on any atom is -0.342 e. The van der Waals surface area contributed by atoms with Gasteiger partial charge in [0.25, 0.3) is 0 Å². The third-order valence-electron chi connectivity index (χ3n) is 4.49. The van der Waals surface area contributed by atoms with E-state index in [1.807, 2.05) is 23.0 Å². The minimum atomic E-state index is 0.293. The van der Waals surface area contributed by atoms with Gasteiger partial charge in [0, 0.05) is 50.8 Å². The van der Waals surface area contributed by atoms with Crippen LogP contribution in [0.1, 0.15) is 31.2 Å². The molecule has 1 amide bonds. The molecule has 0 unspecified atom stereocenters. The van der Waals surface area contributed by atoms with Crippen molar-refractivity contribution in [2.45, 2.75) is 38.6 Å². The number of likely N-dealkylation sites (tertiary alicyclic amines) is 1. The van der Waals surface area contributed by atoms with E-state index in [-0.39, 0.29) is 0 Å². The summed E-state index contributed by atoms with van der Waals surface area (Å²) in [6.07, 6.45) is 14.1. The Kier molecular flexibility index (Phi) is 5.40. The minimum absolute atomic E-state index is 0.293. The first-order chi connectivity index (χ1) is 11.3. The number of aryl methyl sites for hydroxylation is 1. The van der Waals surface area contributed by atoms with Gasteiger partial charge in [-0.2, -0.15) is 0 Å². The Morgan fingerprint density at radius 2 is 2.26 bits per heavy atom. The second-order valence-corrected chi connectivity index (χ2v) is 6.32. The molecule has 1 fully saturated rings. The Bertz CT molecular complexity index is 597. The van der Waals surface area contributed by atoms with Crippen LogP contribution in [0, 0.1) is 5.92 Å². The predicted octanol–water partition coefficient (Wildman–Crippen LogP) is 2.54. The smallest absolute Gasteiger partial charge is 0.222 e. The van der Waals surface area contributed by atoms with E-state index >= 15 is 0 Å². The number of rotatable bonds is 6.